The number of aliphatic imine (C=N–C) groups is 1. The molecule has 1 heterocycles. The van der Waals surface area contributed by atoms with Crippen molar-refractivity contribution >= 4 is 17.6 Å². The van der Waals surface area contributed by atoms with Crippen LogP contribution in [-0.2, 0) is 9.59 Å². The highest BCUT2D eigenvalue weighted by molar-refractivity contribution is 6.13. The molecular weight excluding hydrogens is 132 g/mol. The van der Waals surface area contributed by atoms with Crippen LogP contribution >= 0.6 is 0 Å². The van der Waals surface area contributed by atoms with Crippen molar-refractivity contribution in [2.75, 3.05) is 0 Å². The predicted molar refractivity (Wildman–Crippen MR) is 35.5 cm³/mol. The molecule has 0 atom stereocenters. The SMILES string of the molecule is CCC1=NC(=O)CC(=O)N1. The smallest absolute Gasteiger partial charge is 0.256 e. The van der Waals surface area contributed by atoms with Gasteiger partial charge in [-0.1, -0.05) is 6.92 Å². The summed E-state index contributed by atoms with van der Waals surface area (Å²) in [5.74, 6) is -0.126. The molecule has 1 rings (SSSR count). The molecule has 4 heteroatoms. The Morgan fingerprint density at radius 1 is 1.60 bits per heavy atom. The Bertz CT molecular complexity index is 208. The summed E-state index contributed by atoms with van der Waals surface area (Å²) >= 11 is 0. The lowest BCUT2D eigenvalue weighted by Gasteiger charge is -2.09. The number of hydrogen-bond donors (Lipinski definition) is 1. The molecular formula is C6H8N2O2. The van der Waals surface area contributed by atoms with Crippen LogP contribution in [0, 0.1) is 0 Å². The van der Waals surface area contributed by atoms with Gasteiger partial charge in [0.1, 0.15) is 12.3 Å². The number of amides is 2. The zero-order valence-electron chi connectivity index (χ0n) is 5.68. The van der Waals surface area contributed by atoms with Gasteiger partial charge in [0.05, 0.1) is 0 Å². The molecule has 0 spiro atoms. The van der Waals surface area contributed by atoms with Crippen LogP contribution in [0.4, 0.5) is 0 Å². The standard InChI is InChI=1S/C6H8N2O2/c1-2-4-7-5(9)3-6(10)8-4/h2-3H2,1H3,(H,7,8,9,10). The van der Waals surface area contributed by atoms with Crippen LogP contribution < -0.4 is 5.32 Å². The lowest BCUT2D eigenvalue weighted by atomic mass is 10.3. The Labute approximate surface area is 58.3 Å². The Hall–Kier alpha value is -1.19. The summed E-state index contributed by atoms with van der Waals surface area (Å²) in [4.78, 5) is 24.8. The van der Waals surface area contributed by atoms with Crippen molar-refractivity contribution in [1.82, 2.24) is 5.32 Å². The molecule has 1 aliphatic rings. The maximum atomic E-state index is 10.6. The van der Waals surface area contributed by atoms with E-state index in [4.69, 9.17) is 0 Å². The lowest BCUT2D eigenvalue weighted by molar-refractivity contribution is -0.127. The van der Waals surface area contributed by atoms with Gasteiger partial charge < -0.3 is 5.32 Å². The zero-order valence-corrected chi connectivity index (χ0v) is 5.68. The van der Waals surface area contributed by atoms with Crippen molar-refractivity contribution in [3.05, 3.63) is 0 Å². The van der Waals surface area contributed by atoms with Gasteiger partial charge in [0.15, 0.2) is 0 Å². The zero-order chi connectivity index (χ0) is 7.56. The Morgan fingerprint density at radius 3 is 2.80 bits per heavy atom. The largest absolute Gasteiger partial charge is 0.314 e. The van der Waals surface area contributed by atoms with E-state index in [2.05, 4.69) is 10.3 Å². The minimum absolute atomic E-state index is 0.108. The van der Waals surface area contributed by atoms with E-state index in [0.717, 1.165) is 0 Å². The first-order valence-corrected chi connectivity index (χ1v) is 3.12. The molecule has 0 aromatic heterocycles. The van der Waals surface area contributed by atoms with Crippen molar-refractivity contribution in [2.24, 2.45) is 4.99 Å². The first-order chi connectivity index (χ1) is 4.72. The number of nitrogens with zero attached hydrogens (tertiary/aromatic N) is 1. The number of amidine groups is 1. The fourth-order valence-corrected chi connectivity index (χ4v) is 0.728. The summed E-state index contributed by atoms with van der Waals surface area (Å²) in [7, 11) is 0. The second-order valence-electron chi connectivity index (χ2n) is 2.03. The quantitative estimate of drug-likeness (QED) is 0.514. The van der Waals surface area contributed by atoms with Crippen LogP contribution in [0.2, 0.25) is 0 Å². The Balaban J connectivity index is 2.74. The minimum Gasteiger partial charge on any atom is -0.314 e. The number of carbonyl (C=O) groups is 2. The molecule has 10 heavy (non-hydrogen) atoms. The van der Waals surface area contributed by atoms with Gasteiger partial charge >= 0.3 is 0 Å². The molecule has 0 aromatic carbocycles. The van der Waals surface area contributed by atoms with E-state index in [-0.39, 0.29) is 18.2 Å². The van der Waals surface area contributed by atoms with Gasteiger partial charge in [-0.3, -0.25) is 9.59 Å². The highest BCUT2D eigenvalue weighted by atomic mass is 16.2. The molecule has 0 radical (unpaired) electrons. The summed E-state index contributed by atoms with van der Waals surface area (Å²) in [5.41, 5.74) is 0. The van der Waals surface area contributed by atoms with Gasteiger partial charge in [0.25, 0.3) is 5.91 Å². The van der Waals surface area contributed by atoms with E-state index in [1.54, 1.807) is 0 Å². The molecule has 0 saturated heterocycles. The maximum Gasteiger partial charge on any atom is 0.256 e. The number of hydrogen-bond acceptors (Lipinski definition) is 2. The van der Waals surface area contributed by atoms with Crippen molar-refractivity contribution in [2.45, 2.75) is 19.8 Å². The van der Waals surface area contributed by atoms with E-state index in [9.17, 15) is 9.59 Å². The molecule has 0 fully saturated rings. The summed E-state index contributed by atoms with van der Waals surface area (Å²) < 4.78 is 0. The average Bonchev–Trinajstić information content (AvgIpc) is 1.85. The second-order valence-corrected chi connectivity index (χ2v) is 2.03. The molecule has 0 aromatic rings. The lowest BCUT2D eigenvalue weighted by Crippen LogP contribution is -2.36. The minimum atomic E-state index is -0.347. The van der Waals surface area contributed by atoms with E-state index >= 15 is 0 Å². The first kappa shape index (κ1) is 6.92. The molecule has 0 saturated carbocycles. The maximum absolute atomic E-state index is 10.6. The number of nitrogens with one attached hydrogen (secondary N) is 1. The molecule has 0 bridgehead atoms. The van der Waals surface area contributed by atoms with Crippen LogP contribution in [0.3, 0.4) is 0 Å². The molecule has 54 valence electrons. The van der Waals surface area contributed by atoms with E-state index in [1.807, 2.05) is 6.92 Å². The van der Waals surface area contributed by atoms with Gasteiger partial charge in [0, 0.05) is 6.42 Å². The average molecular weight is 140 g/mol. The van der Waals surface area contributed by atoms with Crippen LogP contribution in [0.25, 0.3) is 0 Å². The fourth-order valence-electron chi connectivity index (χ4n) is 0.728. The van der Waals surface area contributed by atoms with E-state index < -0.39 is 0 Å². The van der Waals surface area contributed by atoms with Gasteiger partial charge in [-0.15, -0.1) is 0 Å². The van der Waals surface area contributed by atoms with E-state index in [1.165, 1.54) is 0 Å². The molecule has 2 amide bonds. The summed E-state index contributed by atoms with van der Waals surface area (Å²) in [6.45, 7) is 1.83. The third-order valence-corrected chi connectivity index (χ3v) is 1.19. The topological polar surface area (TPSA) is 58.5 Å². The van der Waals surface area contributed by atoms with Crippen molar-refractivity contribution < 1.29 is 9.59 Å². The normalized spacial score (nSPS) is 18.3. The van der Waals surface area contributed by atoms with Gasteiger partial charge in [-0.2, -0.15) is 4.99 Å². The predicted octanol–water partition coefficient (Wildman–Crippen LogP) is -0.159. The fraction of sp³-hybridized carbons (Fsp3) is 0.500. The number of carbonyl (C=O) groups excluding carboxylic acids is 2. The molecule has 0 aliphatic carbocycles. The molecule has 1 aliphatic heterocycles. The summed E-state index contributed by atoms with van der Waals surface area (Å²) in [6, 6.07) is 0. The van der Waals surface area contributed by atoms with Crippen LogP contribution in [0.15, 0.2) is 4.99 Å². The first-order valence-electron chi connectivity index (χ1n) is 3.12. The van der Waals surface area contributed by atoms with Crippen LogP contribution in [0.5, 0.6) is 0 Å². The molecule has 4 nitrogen and oxygen atoms in total. The summed E-state index contributed by atoms with van der Waals surface area (Å²) in [6.07, 6.45) is 0.487. The molecule has 1 N–H and O–H groups in total. The highest BCUT2D eigenvalue weighted by Gasteiger charge is 2.15. The van der Waals surface area contributed by atoms with Crippen molar-refractivity contribution in [3.63, 3.8) is 0 Å². The van der Waals surface area contributed by atoms with E-state index in [0.29, 0.717) is 12.3 Å². The highest BCUT2D eigenvalue weighted by Crippen LogP contribution is 1.95. The van der Waals surface area contributed by atoms with Crippen LogP contribution in [0.1, 0.15) is 19.8 Å². The monoisotopic (exact) mass is 140 g/mol. The Kier molecular flexibility index (Phi) is 1.80. The number of rotatable bonds is 1. The van der Waals surface area contributed by atoms with Gasteiger partial charge in [0.2, 0.25) is 5.91 Å². The van der Waals surface area contributed by atoms with Gasteiger partial charge in [-0.05, 0) is 0 Å². The Morgan fingerprint density at radius 2 is 2.30 bits per heavy atom. The third kappa shape index (κ3) is 1.40. The van der Waals surface area contributed by atoms with Crippen molar-refractivity contribution in [1.29, 1.82) is 0 Å². The third-order valence-electron chi connectivity index (χ3n) is 1.19. The summed E-state index contributed by atoms with van der Waals surface area (Å²) in [5, 5.41) is 2.49. The van der Waals surface area contributed by atoms with Crippen LogP contribution in [-0.4, -0.2) is 17.6 Å². The van der Waals surface area contributed by atoms with Gasteiger partial charge in [-0.25, -0.2) is 0 Å². The molecule has 0 unspecified atom stereocenters. The second kappa shape index (κ2) is 2.60. The van der Waals surface area contributed by atoms with Crippen molar-refractivity contribution in [3.8, 4) is 0 Å².